The van der Waals surface area contributed by atoms with Gasteiger partial charge in [0.25, 0.3) is 0 Å². The molecule has 6 nitrogen and oxygen atoms in total. The molecule has 1 aliphatic heterocycles. The summed E-state index contributed by atoms with van der Waals surface area (Å²) in [6.07, 6.45) is 4.23. The largest absolute Gasteiger partial charge is 0.350 e. The van der Waals surface area contributed by atoms with E-state index in [1.165, 1.54) is 12.3 Å². The summed E-state index contributed by atoms with van der Waals surface area (Å²) in [5, 5.41) is 6.19. The van der Waals surface area contributed by atoms with Crippen LogP contribution in [0.4, 0.5) is 14.7 Å². The minimum absolute atomic E-state index is 0.0136. The first-order chi connectivity index (χ1) is 12.3. The van der Waals surface area contributed by atoms with E-state index in [1.807, 2.05) is 0 Å². The number of hydrogen-bond donors (Lipinski definition) is 2. The molecule has 1 saturated heterocycles. The Balaban J connectivity index is 1.84. The second kappa shape index (κ2) is 7.63. The zero-order valence-electron chi connectivity index (χ0n) is 14.3. The van der Waals surface area contributed by atoms with Gasteiger partial charge in [0.05, 0.1) is 11.9 Å². The zero-order chi connectivity index (χ0) is 18.7. The van der Waals surface area contributed by atoms with Crippen molar-refractivity contribution in [1.82, 2.24) is 15.3 Å². The van der Waals surface area contributed by atoms with Crippen LogP contribution in [0.3, 0.4) is 0 Å². The van der Waals surface area contributed by atoms with Gasteiger partial charge in [0.1, 0.15) is 4.90 Å². The van der Waals surface area contributed by atoms with Crippen LogP contribution in [0.1, 0.15) is 30.0 Å². The average Bonchev–Trinajstić information content (AvgIpc) is 2.62. The summed E-state index contributed by atoms with van der Waals surface area (Å²) < 4.78 is 50.4. The fourth-order valence-corrected chi connectivity index (χ4v) is 3.80. The van der Waals surface area contributed by atoms with Crippen molar-refractivity contribution in [3.05, 3.63) is 47.3 Å². The van der Waals surface area contributed by atoms with Gasteiger partial charge < -0.3 is 10.6 Å². The molecule has 2 heterocycles. The van der Waals surface area contributed by atoms with Crippen molar-refractivity contribution < 1.29 is 17.2 Å². The first-order valence-corrected chi connectivity index (χ1v) is 10.2. The Kier molecular flexibility index (Phi) is 5.47. The van der Waals surface area contributed by atoms with Crippen LogP contribution in [0, 0.1) is 11.6 Å². The number of sulfone groups is 1. The smallest absolute Gasteiger partial charge is 0.223 e. The molecule has 0 spiro atoms. The van der Waals surface area contributed by atoms with Crippen LogP contribution in [-0.2, 0) is 16.4 Å². The Morgan fingerprint density at radius 2 is 2.12 bits per heavy atom. The maximum absolute atomic E-state index is 13.3. The number of benzene rings is 1. The van der Waals surface area contributed by atoms with E-state index < -0.39 is 21.5 Å². The van der Waals surface area contributed by atoms with Crippen LogP contribution >= 0.6 is 0 Å². The number of nitrogens with one attached hydrogen (secondary N) is 2. The van der Waals surface area contributed by atoms with Crippen molar-refractivity contribution in [3.63, 3.8) is 0 Å². The zero-order valence-corrected chi connectivity index (χ0v) is 15.1. The van der Waals surface area contributed by atoms with Crippen molar-refractivity contribution in [2.24, 2.45) is 0 Å². The number of aromatic nitrogens is 2. The van der Waals surface area contributed by atoms with E-state index in [1.54, 1.807) is 0 Å². The topological polar surface area (TPSA) is 84.0 Å². The van der Waals surface area contributed by atoms with E-state index in [-0.39, 0.29) is 23.3 Å². The average molecular weight is 382 g/mol. The molecular formula is C17H20F2N4O2S. The number of anilines is 1. The van der Waals surface area contributed by atoms with Crippen molar-refractivity contribution in [2.75, 3.05) is 24.7 Å². The molecule has 9 heteroatoms. The third kappa shape index (κ3) is 4.34. The van der Waals surface area contributed by atoms with Crippen LogP contribution in [-0.4, -0.2) is 37.7 Å². The van der Waals surface area contributed by atoms with E-state index in [9.17, 15) is 17.2 Å². The van der Waals surface area contributed by atoms with Gasteiger partial charge in [-0.3, -0.25) is 0 Å². The van der Waals surface area contributed by atoms with Gasteiger partial charge in [-0.1, -0.05) is 6.07 Å². The van der Waals surface area contributed by atoms with Gasteiger partial charge in [-0.05, 0) is 37.1 Å². The predicted molar refractivity (Wildman–Crippen MR) is 93.7 cm³/mol. The highest BCUT2D eigenvalue weighted by Gasteiger charge is 2.25. The summed E-state index contributed by atoms with van der Waals surface area (Å²) >= 11 is 0. The molecule has 1 fully saturated rings. The Morgan fingerprint density at radius 3 is 2.77 bits per heavy atom. The van der Waals surface area contributed by atoms with Gasteiger partial charge >= 0.3 is 0 Å². The lowest BCUT2D eigenvalue weighted by Crippen LogP contribution is -2.30. The van der Waals surface area contributed by atoms with Crippen molar-refractivity contribution >= 4 is 15.8 Å². The number of nitrogens with zero attached hydrogens (tertiary/aromatic N) is 2. The summed E-state index contributed by atoms with van der Waals surface area (Å²) in [7, 11) is -3.45. The fourth-order valence-electron chi connectivity index (χ4n) is 2.96. The summed E-state index contributed by atoms with van der Waals surface area (Å²) in [5.41, 5.74) is 1.02. The highest BCUT2D eigenvalue weighted by molar-refractivity contribution is 7.90. The lowest BCUT2D eigenvalue weighted by molar-refractivity contribution is 0.448. The molecule has 0 unspecified atom stereocenters. The molecule has 3 rings (SSSR count). The number of piperidine rings is 1. The van der Waals surface area contributed by atoms with E-state index >= 15 is 0 Å². The van der Waals surface area contributed by atoms with E-state index in [4.69, 9.17) is 0 Å². The third-order valence-electron chi connectivity index (χ3n) is 4.30. The van der Waals surface area contributed by atoms with Crippen LogP contribution in [0.25, 0.3) is 0 Å². The molecule has 1 aromatic carbocycles. The van der Waals surface area contributed by atoms with Gasteiger partial charge in [0.15, 0.2) is 21.5 Å². The van der Waals surface area contributed by atoms with Gasteiger partial charge in [0.2, 0.25) is 5.95 Å². The normalized spacial score (nSPS) is 17.9. The Hall–Kier alpha value is -2.13. The molecule has 0 amide bonds. The fraction of sp³-hybridized carbons (Fsp3) is 0.412. The molecule has 140 valence electrons. The minimum Gasteiger partial charge on any atom is -0.350 e. The monoisotopic (exact) mass is 382 g/mol. The first kappa shape index (κ1) is 18.7. The lowest BCUT2D eigenvalue weighted by atomic mass is 9.96. The summed E-state index contributed by atoms with van der Waals surface area (Å²) in [5.74, 6) is -1.59. The highest BCUT2D eigenvalue weighted by atomic mass is 32.2. The van der Waals surface area contributed by atoms with Gasteiger partial charge in [-0.2, -0.15) is 0 Å². The molecule has 1 aliphatic rings. The van der Waals surface area contributed by atoms with E-state index in [0.29, 0.717) is 17.8 Å². The summed E-state index contributed by atoms with van der Waals surface area (Å²) in [6.45, 7) is 1.75. The van der Waals surface area contributed by atoms with Gasteiger partial charge in [-0.15, -0.1) is 0 Å². The molecule has 0 bridgehead atoms. The van der Waals surface area contributed by atoms with Crippen LogP contribution in [0.15, 0.2) is 29.3 Å². The summed E-state index contributed by atoms with van der Waals surface area (Å²) in [6, 6.07) is 3.61. The molecular weight excluding hydrogens is 362 g/mol. The van der Waals surface area contributed by atoms with Crippen molar-refractivity contribution in [1.29, 1.82) is 0 Å². The number of rotatable bonds is 5. The Labute approximate surface area is 151 Å². The highest BCUT2D eigenvalue weighted by Crippen LogP contribution is 2.28. The Morgan fingerprint density at radius 1 is 1.31 bits per heavy atom. The molecule has 0 aliphatic carbocycles. The SMILES string of the molecule is CS(=O)(=O)c1cnc(NCc2ccc(F)c(F)c2)nc1[C@H]1CCCNC1. The van der Waals surface area contributed by atoms with Crippen LogP contribution in [0.5, 0.6) is 0 Å². The van der Waals surface area contributed by atoms with Crippen LogP contribution < -0.4 is 10.6 Å². The maximum Gasteiger partial charge on any atom is 0.223 e. The second-order valence-corrected chi connectivity index (χ2v) is 8.34. The molecule has 1 aromatic heterocycles. The number of halogens is 2. The van der Waals surface area contributed by atoms with Gasteiger partial charge in [0, 0.05) is 25.3 Å². The van der Waals surface area contributed by atoms with E-state index in [0.717, 1.165) is 37.8 Å². The maximum atomic E-state index is 13.3. The molecule has 26 heavy (non-hydrogen) atoms. The third-order valence-corrected chi connectivity index (χ3v) is 5.41. The van der Waals surface area contributed by atoms with Crippen molar-refractivity contribution in [2.45, 2.75) is 30.2 Å². The first-order valence-electron chi connectivity index (χ1n) is 8.30. The van der Waals surface area contributed by atoms with Gasteiger partial charge in [-0.25, -0.2) is 27.2 Å². The quantitative estimate of drug-likeness (QED) is 0.825. The molecule has 2 aromatic rings. The molecule has 2 N–H and O–H groups in total. The summed E-state index contributed by atoms with van der Waals surface area (Å²) in [4.78, 5) is 8.60. The molecule has 0 saturated carbocycles. The predicted octanol–water partition coefficient (Wildman–Crippen LogP) is 2.24. The van der Waals surface area contributed by atoms with Crippen LogP contribution in [0.2, 0.25) is 0 Å². The second-order valence-electron chi connectivity index (χ2n) is 6.36. The molecule has 0 radical (unpaired) electrons. The molecule has 1 atom stereocenters. The number of hydrogen-bond acceptors (Lipinski definition) is 6. The van der Waals surface area contributed by atoms with Crippen molar-refractivity contribution in [3.8, 4) is 0 Å². The Bertz CT molecular complexity index is 900. The standard InChI is InChI=1S/C17H20F2N4O2S/c1-26(24,25)15-10-22-17(23-16(15)12-3-2-6-20-9-12)21-8-11-4-5-13(18)14(19)7-11/h4-5,7,10,12,20H,2-3,6,8-9H2,1H3,(H,21,22,23)/t12-/m0/s1. The minimum atomic E-state index is -3.45. The lowest BCUT2D eigenvalue weighted by Gasteiger charge is -2.24. The van der Waals surface area contributed by atoms with E-state index in [2.05, 4.69) is 20.6 Å².